The molecule has 0 unspecified atom stereocenters. The van der Waals surface area contributed by atoms with E-state index in [4.69, 9.17) is 0 Å². The van der Waals surface area contributed by atoms with Crippen LogP contribution in [0.25, 0.3) is 10.6 Å². The van der Waals surface area contributed by atoms with Gasteiger partial charge in [0.05, 0.1) is 0 Å². The molecule has 102 valence electrons. The molecule has 1 heterocycles. The number of hydrogen-bond donors (Lipinski definition) is 1. The van der Waals surface area contributed by atoms with Gasteiger partial charge in [0, 0.05) is 23.2 Å². The number of nitrogens with one attached hydrogen (secondary N) is 1. The summed E-state index contributed by atoms with van der Waals surface area (Å²) >= 11 is 1.55. The number of thiazole rings is 1. The minimum absolute atomic E-state index is 0.168. The van der Waals surface area contributed by atoms with E-state index in [9.17, 15) is 4.39 Å². The molecule has 1 N–H and O–H groups in total. The van der Waals surface area contributed by atoms with Crippen molar-refractivity contribution >= 4 is 11.3 Å². The average Bonchev–Trinajstić information content (AvgIpc) is 2.81. The van der Waals surface area contributed by atoms with E-state index in [-0.39, 0.29) is 5.82 Å². The van der Waals surface area contributed by atoms with Gasteiger partial charge in [-0.2, -0.15) is 0 Å². The maximum atomic E-state index is 14.0. The first kappa shape index (κ1) is 14.2. The van der Waals surface area contributed by atoms with Gasteiger partial charge in [-0.1, -0.05) is 26.0 Å². The van der Waals surface area contributed by atoms with Crippen LogP contribution in [0.4, 0.5) is 4.39 Å². The molecule has 0 spiro atoms. The van der Waals surface area contributed by atoms with Crippen molar-refractivity contribution in [1.82, 2.24) is 10.3 Å². The van der Waals surface area contributed by atoms with Gasteiger partial charge in [-0.25, -0.2) is 9.37 Å². The predicted octanol–water partition coefficient (Wildman–Crippen LogP) is 4.00. The van der Waals surface area contributed by atoms with E-state index in [1.165, 1.54) is 0 Å². The summed E-state index contributed by atoms with van der Waals surface area (Å²) in [5.41, 5.74) is 1.26. The first-order valence-electron chi connectivity index (χ1n) is 6.49. The third-order valence-electron chi connectivity index (χ3n) is 2.83. The van der Waals surface area contributed by atoms with E-state index < -0.39 is 0 Å². The van der Waals surface area contributed by atoms with Crippen molar-refractivity contribution in [2.45, 2.75) is 27.3 Å². The van der Waals surface area contributed by atoms with Crippen LogP contribution in [-0.2, 0) is 6.54 Å². The molecule has 0 aliphatic rings. The maximum Gasteiger partial charge on any atom is 0.136 e. The van der Waals surface area contributed by atoms with Gasteiger partial charge in [0.25, 0.3) is 0 Å². The van der Waals surface area contributed by atoms with Crippen molar-refractivity contribution < 1.29 is 4.39 Å². The van der Waals surface area contributed by atoms with Crippen LogP contribution >= 0.6 is 11.3 Å². The molecule has 0 saturated heterocycles. The maximum absolute atomic E-state index is 14.0. The van der Waals surface area contributed by atoms with Crippen LogP contribution in [0.15, 0.2) is 24.4 Å². The van der Waals surface area contributed by atoms with Gasteiger partial charge < -0.3 is 5.32 Å². The lowest BCUT2D eigenvalue weighted by molar-refractivity contribution is 0.554. The van der Waals surface area contributed by atoms with Crippen LogP contribution in [-0.4, -0.2) is 11.5 Å². The molecule has 0 aliphatic carbocycles. The number of benzene rings is 1. The van der Waals surface area contributed by atoms with Gasteiger partial charge in [-0.05, 0) is 31.0 Å². The summed E-state index contributed by atoms with van der Waals surface area (Å²) in [4.78, 5) is 5.46. The Hall–Kier alpha value is -1.26. The summed E-state index contributed by atoms with van der Waals surface area (Å²) in [5, 5.41) is 4.12. The molecule has 0 atom stereocenters. The van der Waals surface area contributed by atoms with Gasteiger partial charge in [0.2, 0.25) is 0 Å². The van der Waals surface area contributed by atoms with E-state index in [2.05, 4.69) is 24.1 Å². The second-order valence-electron chi connectivity index (χ2n) is 5.09. The monoisotopic (exact) mass is 278 g/mol. The molecule has 4 heteroatoms. The minimum Gasteiger partial charge on any atom is -0.312 e. The smallest absolute Gasteiger partial charge is 0.136 e. The Morgan fingerprint density at radius 3 is 2.89 bits per heavy atom. The van der Waals surface area contributed by atoms with Crippen molar-refractivity contribution in [1.29, 1.82) is 0 Å². The first-order chi connectivity index (χ1) is 9.08. The molecular weight excluding hydrogens is 259 g/mol. The number of hydrogen-bond acceptors (Lipinski definition) is 3. The van der Waals surface area contributed by atoms with Crippen molar-refractivity contribution in [2.24, 2.45) is 5.92 Å². The van der Waals surface area contributed by atoms with E-state index in [1.807, 2.05) is 12.3 Å². The number of halogens is 1. The summed E-state index contributed by atoms with van der Waals surface area (Å²) in [6.45, 7) is 7.90. The Labute approximate surface area is 117 Å². The zero-order valence-electron chi connectivity index (χ0n) is 11.5. The first-order valence-corrected chi connectivity index (χ1v) is 7.30. The lowest BCUT2D eigenvalue weighted by Gasteiger charge is -2.05. The van der Waals surface area contributed by atoms with Crippen molar-refractivity contribution in [3.63, 3.8) is 0 Å². The normalized spacial score (nSPS) is 11.2. The Balaban J connectivity index is 2.10. The molecule has 0 saturated carbocycles. The molecule has 0 fully saturated rings. The molecule has 1 aromatic carbocycles. The highest BCUT2D eigenvalue weighted by Gasteiger charge is 2.11. The SMILES string of the molecule is Cc1cccc(-c2ncc(CNCC(C)C)s2)c1F. The van der Waals surface area contributed by atoms with E-state index in [0.717, 1.165) is 23.0 Å². The highest BCUT2D eigenvalue weighted by atomic mass is 32.1. The Bertz CT molecular complexity index is 549. The van der Waals surface area contributed by atoms with Gasteiger partial charge in [0.1, 0.15) is 10.8 Å². The summed E-state index contributed by atoms with van der Waals surface area (Å²) in [6.07, 6.45) is 1.83. The molecule has 0 amide bonds. The summed E-state index contributed by atoms with van der Waals surface area (Å²) < 4.78 is 14.0. The lowest BCUT2D eigenvalue weighted by atomic mass is 10.1. The van der Waals surface area contributed by atoms with Crippen LogP contribution in [0.3, 0.4) is 0 Å². The van der Waals surface area contributed by atoms with Gasteiger partial charge in [-0.15, -0.1) is 11.3 Å². The largest absolute Gasteiger partial charge is 0.312 e. The fraction of sp³-hybridized carbons (Fsp3) is 0.400. The van der Waals surface area contributed by atoms with Crippen molar-refractivity contribution in [3.05, 3.63) is 40.7 Å². The zero-order valence-corrected chi connectivity index (χ0v) is 12.4. The number of aromatic nitrogens is 1. The number of nitrogens with zero attached hydrogens (tertiary/aromatic N) is 1. The number of rotatable bonds is 5. The van der Waals surface area contributed by atoms with E-state index in [0.29, 0.717) is 17.0 Å². The Kier molecular flexibility index (Phi) is 4.66. The fourth-order valence-electron chi connectivity index (χ4n) is 1.81. The Morgan fingerprint density at radius 2 is 2.16 bits per heavy atom. The van der Waals surface area contributed by atoms with Crippen LogP contribution in [0.1, 0.15) is 24.3 Å². The highest BCUT2D eigenvalue weighted by Crippen LogP contribution is 2.28. The van der Waals surface area contributed by atoms with Gasteiger partial charge >= 0.3 is 0 Å². The van der Waals surface area contributed by atoms with Crippen LogP contribution in [0.2, 0.25) is 0 Å². The fourth-order valence-corrected chi connectivity index (χ4v) is 2.71. The molecule has 2 nitrogen and oxygen atoms in total. The quantitative estimate of drug-likeness (QED) is 0.894. The molecule has 2 rings (SSSR count). The third-order valence-corrected chi connectivity index (χ3v) is 3.86. The second-order valence-corrected chi connectivity index (χ2v) is 6.21. The third kappa shape index (κ3) is 3.61. The molecule has 0 aliphatic heterocycles. The molecule has 0 bridgehead atoms. The zero-order chi connectivity index (χ0) is 13.8. The summed E-state index contributed by atoms with van der Waals surface area (Å²) in [5.74, 6) is 0.458. The minimum atomic E-state index is -0.168. The topological polar surface area (TPSA) is 24.9 Å². The van der Waals surface area contributed by atoms with Crippen molar-refractivity contribution in [3.8, 4) is 10.6 Å². The molecular formula is C15H19FN2S. The lowest BCUT2D eigenvalue weighted by Crippen LogP contribution is -2.18. The summed E-state index contributed by atoms with van der Waals surface area (Å²) in [7, 11) is 0. The van der Waals surface area contributed by atoms with Crippen LogP contribution in [0, 0.1) is 18.7 Å². The molecule has 2 aromatic rings. The van der Waals surface area contributed by atoms with E-state index >= 15 is 0 Å². The van der Waals surface area contributed by atoms with Crippen LogP contribution in [0.5, 0.6) is 0 Å². The number of aryl methyl sites for hydroxylation is 1. The Morgan fingerprint density at radius 1 is 1.37 bits per heavy atom. The standard InChI is InChI=1S/C15H19FN2S/c1-10(2)7-17-8-12-9-18-15(19-12)13-6-4-5-11(3)14(13)16/h4-6,9-10,17H,7-8H2,1-3H3. The summed E-state index contributed by atoms with van der Waals surface area (Å²) in [6, 6.07) is 5.43. The van der Waals surface area contributed by atoms with Gasteiger partial charge in [0.15, 0.2) is 0 Å². The molecule has 19 heavy (non-hydrogen) atoms. The average molecular weight is 278 g/mol. The van der Waals surface area contributed by atoms with Crippen LogP contribution < -0.4 is 5.32 Å². The van der Waals surface area contributed by atoms with Crippen molar-refractivity contribution in [2.75, 3.05) is 6.54 Å². The molecule has 0 radical (unpaired) electrons. The highest BCUT2D eigenvalue weighted by molar-refractivity contribution is 7.15. The second kappa shape index (κ2) is 6.26. The van der Waals surface area contributed by atoms with Gasteiger partial charge in [-0.3, -0.25) is 0 Å². The predicted molar refractivity (Wildman–Crippen MR) is 78.8 cm³/mol. The van der Waals surface area contributed by atoms with E-state index in [1.54, 1.807) is 30.4 Å². The molecule has 1 aromatic heterocycles.